The summed E-state index contributed by atoms with van der Waals surface area (Å²) in [5.74, 6) is 0.277. The number of anilines is 1. The number of carbonyl (C=O) groups excluding carboxylic acids is 1. The van der Waals surface area contributed by atoms with E-state index in [1.54, 1.807) is 17.8 Å². The first-order valence-corrected chi connectivity index (χ1v) is 10.4. The zero-order valence-electron chi connectivity index (χ0n) is 14.3. The van der Waals surface area contributed by atoms with E-state index >= 15 is 0 Å². The maximum atomic E-state index is 12.5. The van der Waals surface area contributed by atoms with Gasteiger partial charge in [-0.05, 0) is 17.7 Å². The Labute approximate surface area is 172 Å². The third-order valence-corrected chi connectivity index (χ3v) is 5.71. The zero-order chi connectivity index (χ0) is 19.5. The molecule has 3 aromatic heterocycles. The van der Waals surface area contributed by atoms with E-state index < -0.39 is 5.69 Å². The topological polar surface area (TPSA) is 94.2 Å². The van der Waals surface area contributed by atoms with Crippen LogP contribution in [0.2, 0.25) is 5.02 Å². The molecule has 142 valence electrons. The summed E-state index contributed by atoms with van der Waals surface area (Å²) in [5.41, 5.74) is 1.08. The van der Waals surface area contributed by atoms with Crippen LogP contribution >= 0.6 is 34.7 Å². The van der Waals surface area contributed by atoms with Crippen LogP contribution < -0.4 is 11.0 Å². The molecule has 0 aliphatic heterocycles. The van der Waals surface area contributed by atoms with Gasteiger partial charge in [-0.25, -0.2) is 23.8 Å². The third-order valence-electron chi connectivity index (χ3n) is 3.73. The second-order valence-electron chi connectivity index (χ2n) is 5.67. The lowest BCUT2D eigenvalue weighted by Gasteiger charge is -2.02. The minimum absolute atomic E-state index is 0.207. The Hall–Kier alpha value is -2.69. The van der Waals surface area contributed by atoms with E-state index in [9.17, 15) is 9.59 Å². The SMILES string of the molecule is O=C(Cn1nc2c(SCc3ccc(Cl)cc3)nccn2c1=O)Nc1nccs1. The van der Waals surface area contributed by atoms with Gasteiger partial charge in [0.25, 0.3) is 0 Å². The minimum atomic E-state index is -0.403. The fourth-order valence-corrected chi connectivity index (χ4v) is 4.01. The van der Waals surface area contributed by atoms with E-state index in [2.05, 4.69) is 20.4 Å². The Morgan fingerprint density at radius 2 is 2.04 bits per heavy atom. The van der Waals surface area contributed by atoms with Crippen molar-refractivity contribution in [3.8, 4) is 0 Å². The average molecular weight is 433 g/mol. The van der Waals surface area contributed by atoms with E-state index in [0.29, 0.717) is 26.6 Å². The third kappa shape index (κ3) is 4.08. The molecule has 0 saturated heterocycles. The van der Waals surface area contributed by atoms with Crippen molar-refractivity contribution in [3.05, 3.63) is 69.3 Å². The number of aromatic nitrogens is 5. The number of rotatable bonds is 6. The molecule has 0 unspecified atom stereocenters. The van der Waals surface area contributed by atoms with E-state index in [4.69, 9.17) is 11.6 Å². The highest BCUT2D eigenvalue weighted by atomic mass is 35.5. The van der Waals surface area contributed by atoms with Crippen LogP contribution in [0.25, 0.3) is 5.65 Å². The molecule has 0 atom stereocenters. The molecule has 1 amide bonds. The highest BCUT2D eigenvalue weighted by Gasteiger charge is 2.15. The van der Waals surface area contributed by atoms with Crippen molar-refractivity contribution in [2.24, 2.45) is 0 Å². The number of hydrogen-bond donors (Lipinski definition) is 1. The first-order valence-electron chi connectivity index (χ1n) is 8.11. The number of nitrogens with zero attached hydrogens (tertiary/aromatic N) is 5. The lowest BCUT2D eigenvalue weighted by atomic mass is 10.2. The molecule has 0 spiro atoms. The summed E-state index contributed by atoms with van der Waals surface area (Å²) in [7, 11) is 0. The predicted octanol–water partition coefficient (Wildman–Crippen LogP) is 2.93. The van der Waals surface area contributed by atoms with E-state index in [0.717, 1.165) is 10.2 Å². The molecule has 4 aromatic rings. The number of halogens is 1. The lowest BCUT2D eigenvalue weighted by Crippen LogP contribution is -2.28. The highest BCUT2D eigenvalue weighted by molar-refractivity contribution is 7.98. The first kappa shape index (κ1) is 18.7. The van der Waals surface area contributed by atoms with Gasteiger partial charge >= 0.3 is 5.69 Å². The summed E-state index contributed by atoms with van der Waals surface area (Å²) in [6.45, 7) is -0.207. The van der Waals surface area contributed by atoms with Crippen molar-refractivity contribution in [2.45, 2.75) is 17.3 Å². The van der Waals surface area contributed by atoms with Crippen molar-refractivity contribution in [1.82, 2.24) is 24.1 Å². The maximum absolute atomic E-state index is 12.5. The lowest BCUT2D eigenvalue weighted by molar-refractivity contribution is -0.117. The molecule has 0 saturated carbocycles. The number of benzene rings is 1. The summed E-state index contributed by atoms with van der Waals surface area (Å²) in [5, 5.41) is 10.4. The summed E-state index contributed by atoms with van der Waals surface area (Å²) in [4.78, 5) is 33.0. The van der Waals surface area contributed by atoms with Gasteiger partial charge in [0.1, 0.15) is 11.6 Å². The highest BCUT2D eigenvalue weighted by Crippen LogP contribution is 2.24. The smallest absolute Gasteiger partial charge is 0.300 e. The van der Waals surface area contributed by atoms with Gasteiger partial charge in [0.05, 0.1) is 0 Å². The molecule has 28 heavy (non-hydrogen) atoms. The Morgan fingerprint density at radius 1 is 1.21 bits per heavy atom. The number of carbonyl (C=O) groups is 1. The maximum Gasteiger partial charge on any atom is 0.350 e. The van der Waals surface area contributed by atoms with Crippen LogP contribution in [0.5, 0.6) is 0 Å². The number of thiazole rings is 1. The Morgan fingerprint density at radius 3 is 2.79 bits per heavy atom. The standard InChI is InChI=1S/C17H13ClN6O2S2/c18-12-3-1-11(2-4-12)10-28-15-14-22-24(17(26)23(14)7-5-19-15)9-13(25)21-16-20-6-8-27-16/h1-8H,9-10H2,(H,20,21,25). The van der Waals surface area contributed by atoms with Crippen molar-refractivity contribution < 1.29 is 4.79 Å². The molecule has 3 heterocycles. The van der Waals surface area contributed by atoms with Gasteiger partial charge in [-0.15, -0.1) is 16.4 Å². The molecule has 0 radical (unpaired) electrons. The molecule has 0 aliphatic rings. The van der Waals surface area contributed by atoms with Crippen LogP contribution in [-0.2, 0) is 17.1 Å². The monoisotopic (exact) mass is 432 g/mol. The Kier molecular flexibility index (Phi) is 5.42. The molecular formula is C17H13ClN6O2S2. The van der Waals surface area contributed by atoms with Gasteiger partial charge in [-0.2, -0.15) is 0 Å². The van der Waals surface area contributed by atoms with Gasteiger partial charge in [-0.1, -0.05) is 35.5 Å². The average Bonchev–Trinajstić information content (AvgIpc) is 3.30. The summed E-state index contributed by atoms with van der Waals surface area (Å²) >= 11 is 8.66. The minimum Gasteiger partial charge on any atom is -0.300 e. The molecule has 0 fully saturated rings. The van der Waals surface area contributed by atoms with Crippen LogP contribution in [0.1, 0.15) is 5.56 Å². The van der Waals surface area contributed by atoms with Crippen molar-refractivity contribution in [3.63, 3.8) is 0 Å². The number of fused-ring (bicyclic) bond motifs is 1. The number of hydrogen-bond acceptors (Lipinski definition) is 7. The first-order chi connectivity index (χ1) is 13.6. The largest absolute Gasteiger partial charge is 0.350 e. The fraction of sp³-hybridized carbons (Fsp3) is 0.118. The quantitative estimate of drug-likeness (QED) is 0.471. The molecule has 0 aliphatic carbocycles. The molecular weight excluding hydrogens is 420 g/mol. The van der Waals surface area contributed by atoms with Crippen molar-refractivity contribution in [2.75, 3.05) is 5.32 Å². The van der Waals surface area contributed by atoms with E-state index in [1.165, 1.54) is 33.7 Å². The number of nitrogens with one attached hydrogen (secondary N) is 1. The molecule has 1 aromatic carbocycles. The van der Waals surface area contributed by atoms with Gasteiger partial charge in [0, 0.05) is 34.7 Å². The molecule has 11 heteroatoms. The second-order valence-corrected chi connectivity index (χ2v) is 7.96. The van der Waals surface area contributed by atoms with Crippen molar-refractivity contribution in [1.29, 1.82) is 0 Å². The summed E-state index contributed by atoms with van der Waals surface area (Å²) < 4.78 is 2.50. The van der Waals surface area contributed by atoms with Gasteiger partial charge in [0.15, 0.2) is 10.8 Å². The number of thioether (sulfide) groups is 1. The van der Waals surface area contributed by atoms with Crippen LogP contribution in [0, 0.1) is 0 Å². The van der Waals surface area contributed by atoms with Gasteiger partial charge < -0.3 is 5.32 Å². The van der Waals surface area contributed by atoms with Gasteiger partial charge in [0.2, 0.25) is 5.91 Å². The zero-order valence-corrected chi connectivity index (χ0v) is 16.7. The number of amides is 1. The van der Waals surface area contributed by atoms with Gasteiger partial charge in [-0.3, -0.25) is 4.79 Å². The summed E-state index contributed by atoms with van der Waals surface area (Å²) in [6, 6.07) is 7.52. The van der Waals surface area contributed by atoms with Crippen molar-refractivity contribution >= 4 is 51.4 Å². The molecule has 1 N–H and O–H groups in total. The van der Waals surface area contributed by atoms with Crippen LogP contribution in [0.4, 0.5) is 5.13 Å². The predicted molar refractivity (Wildman–Crippen MR) is 109 cm³/mol. The second kappa shape index (κ2) is 8.13. The summed E-state index contributed by atoms with van der Waals surface area (Å²) in [6.07, 6.45) is 4.67. The van der Waals surface area contributed by atoms with E-state index in [1.807, 2.05) is 24.3 Å². The normalized spacial score (nSPS) is 11.0. The van der Waals surface area contributed by atoms with Crippen LogP contribution in [-0.4, -0.2) is 30.1 Å². The van der Waals surface area contributed by atoms with E-state index in [-0.39, 0.29) is 12.5 Å². The van der Waals surface area contributed by atoms with Crippen LogP contribution in [0.15, 0.2) is 58.1 Å². The Bertz CT molecular complexity index is 1170. The Balaban J connectivity index is 1.54. The fourth-order valence-electron chi connectivity index (χ4n) is 2.44. The molecule has 4 rings (SSSR count). The van der Waals surface area contributed by atoms with Crippen LogP contribution in [0.3, 0.4) is 0 Å². The molecule has 8 nitrogen and oxygen atoms in total. The molecule has 0 bridgehead atoms.